The van der Waals surface area contributed by atoms with E-state index < -0.39 is 0 Å². The van der Waals surface area contributed by atoms with Crippen molar-refractivity contribution in [3.63, 3.8) is 0 Å². The summed E-state index contributed by atoms with van der Waals surface area (Å²) in [6.45, 7) is 5.58. The molecule has 1 amide bonds. The maximum Gasteiger partial charge on any atom is 0.229 e. The minimum absolute atomic E-state index is 0.0906. The Morgan fingerprint density at radius 2 is 2.22 bits per heavy atom. The third-order valence-electron chi connectivity index (χ3n) is 3.47. The molecule has 0 saturated carbocycles. The Labute approximate surface area is 107 Å². The predicted octanol–water partition coefficient (Wildman–Crippen LogP) is 0.679. The van der Waals surface area contributed by atoms with Gasteiger partial charge in [0, 0.05) is 31.5 Å². The van der Waals surface area contributed by atoms with Gasteiger partial charge in [0.05, 0.1) is 0 Å². The molecule has 6 nitrogen and oxygen atoms in total. The molecule has 1 aromatic heterocycles. The minimum atomic E-state index is -0.0906. The molecule has 0 radical (unpaired) electrons. The lowest BCUT2D eigenvalue weighted by Gasteiger charge is -2.32. The molecule has 0 unspecified atom stereocenters. The fourth-order valence-corrected chi connectivity index (χ4v) is 2.24. The van der Waals surface area contributed by atoms with Crippen molar-refractivity contribution >= 4 is 5.91 Å². The van der Waals surface area contributed by atoms with Crippen LogP contribution in [-0.4, -0.2) is 40.6 Å². The van der Waals surface area contributed by atoms with E-state index in [0.717, 1.165) is 25.9 Å². The molecule has 0 bridgehead atoms. The molecule has 2 rings (SSSR count). The molecule has 18 heavy (non-hydrogen) atoms. The smallest absolute Gasteiger partial charge is 0.229 e. The molecule has 1 atom stereocenters. The van der Waals surface area contributed by atoms with E-state index in [4.69, 9.17) is 10.3 Å². The van der Waals surface area contributed by atoms with Gasteiger partial charge in [-0.3, -0.25) is 4.79 Å². The molecule has 0 aromatic carbocycles. The predicted molar refractivity (Wildman–Crippen MR) is 65.8 cm³/mol. The number of nitrogens with two attached hydrogens (primary N) is 1. The average Bonchev–Trinajstić information content (AvgIpc) is 2.84. The van der Waals surface area contributed by atoms with Gasteiger partial charge >= 0.3 is 0 Å². The van der Waals surface area contributed by atoms with E-state index in [1.165, 1.54) is 0 Å². The number of aromatic nitrogens is 2. The van der Waals surface area contributed by atoms with Crippen LogP contribution in [0.25, 0.3) is 0 Å². The fourth-order valence-electron chi connectivity index (χ4n) is 2.24. The number of hydrogen-bond acceptors (Lipinski definition) is 5. The number of hydrogen-bond donors (Lipinski definition) is 1. The van der Waals surface area contributed by atoms with Crippen molar-refractivity contribution < 1.29 is 9.32 Å². The van der Waals surface area contributed by atoms with E-state index >= 15 is 0 Å². The summed E-state index contributed by atoms with van der Waals surface area (Å²) in [5, 5.41) is 3.80. The maximum absolute atomic E-state index is 12.0. The SMILES string of the molecule is Cc1noc(C2CCN(C(=O)[C@@H](C)CN)CC2)n1. The summed E-state index contributed by atoms with van der Waals surface area (Å²) in [5.74, 6) is 1.71. The minimum Gasteiger partial charge on any atom is -0.342 e. The van der Waals surface area contributed by atoms with Gasteiger partial charge in [-0.15, -0.1) is 0 Å². The molecule has 100 valence electrons. The van der Waals surface area contributed by atoms with Crippen molar-refractivity contribution in [3.05, 3.63) is 11.7 Å². The summed E-state index contributed by atoms with van der Waals surface area (Å²) in [6, 6.07) is 0. The van der Waals surface area contributed by atoms with Crippen molar-refractivity contribution in [2.45, 2.75) is 32.6 Å². The van der Waals surface area contributed by atoms with Crippen LogP contribution >= 0.6 is 0 Å². The van der Waals surface area contributed by atoms with E-state index in [1.54, 1.807) is 0 Å². The van der Waals surface area contributed by atoms with Crippen LogP contribution in [0.15, 0.2) is 4.52 Å². The largest absolute Gasteiger partial charge is 0.342 e. The van der Waals surface area contributed by atoms with Gasteiger partial charge in [0.1, 0.15) is 0 Å². The molecule has 0 spiro atoms. The highest BCUT2D eigenvalue weighted by Crippen LogP contribution is 2.27. The zero-order valence-corrected chi connectivity index (χ0v) is 10.9. The van der Waals surface area contributed by atoms with Gasteiger partial charge in [-0.05, 0) is 19.8 Å². The number of amides is 1. The Hall–Kier alpha value is -1.43. The Balaban J connectivity index is 1.90. The number of nitrogens with zero attached hydrogens (tertiary/aromatic N) is 3. The topological polar surface area (TPSA) is 85.2 Å². The highest BCUT2D eigenvalue weighted by Gasteiger charge is 2.28. The zero-order chi connectivity index (χ0) is 13.1. The van der Waals surface area contributed by atoms with Gasteiger partial charge in [0.25, 0.3) is 0 Å². The fraction of sp³-hybridized carbons (Fsp3) is 0.750. The Morgan fingerprint density at radius 1 is 1.56 bits per heavy atom. The van der Waals surface area contributed by atoms with Gasteiger partial charge in [-0.1, -0.05) is 12.1 Å². The van der Waals surface area contributed by atoms with Gasteiger partial charge in [-0.25, -0.2) is 0 Å². The van der Waals surface area contributed by atoms with Crippen LogP contribution in [-0.2, 0) is 4.79 Å². The molecule has 1 aromatic rings. The second kappa shape index (κ2) is 5.48. The lowest BCUT2D eigenvalue weighted by Crippen LogP contribution is -2.42. The first-order chi connectivity index (χ1) is 8.61. The van der Waals surface area contributed by atoms with Crippen molar-refractivity contribution in [1.82, 2.24) is 15.0 Å². The summed E-state index contributed by atoms with van der Waals surface area (Å²) in [7, 11) is 0. The van der Waals surface area contributed by atoms with Crippen LogP contribution in [0.3, 0.4) is 0 Å². The van der Waals surface area contributed by atoms with Crippen LogP contribution in [0.5, 0.6) is 0 Å². The van der Waals surface area contributed by atoms with Crippen molar-refractivity contribution in [2.24, 2.45) is 11.7 Å². The Bertz CT molecular complexity index is 410. The van der Waals surface area contributed by atoms with Crippen LogP contribution < -0.4 is 5.73 Å². The average molecular weight is 252 g/mol. The van der Waals surface area contributed by atoms with Gasteiger partial charge in [0.15, 0.2) is 5.82 Å². The molecule has 0 aliphatic carbocycles. The van der Waals surface area contributed by atoms with Crippen LogP contribution in [0.2, 0.25) is 0 Å². The van der Waals surface area contributed by atoms with Crippen molar-refractivity contribution in [1.29, 1.82) is 0 Å². The number of carbonyl (C=O) groups excluding carboxylic acids is 1. The van der Waals surface area contributed by atoms with Gasteiger partial charge in [0.2, 0.25) is 11.8 Å². The number of carbonyl (C=O) groups is 1. The molecule has 1 fully saturated rings. The standard InChI is InChI=1S/C12H20N4O2/c1-8(7-13)12(17)16-5-3-10(4-6-16)11-14-9(2)15-18-11/h8,10H,3-7,13H2,1-2H3/t8-/m0/s1. The van der Waals surface area contributed by atoms with Crippen LogP contribution in [0.4, 0.5) is 0 Å². The molecular weight excluding hydrogens is 232 g/mol. The highest BCUT2D eigenvalue weighted by atomic mass is 16.5. The summed E-state index contributed by atoms with van der Waals surface area (Å²) >= 11 is 0. The van der Waals surface area contributed by atoms with E-state index in [2.05, 4.69) is 10.1 Å². The number of piperidine rings is 1. The van der Waals surface area contributed by atoms with Gasteiger partial charge < -0.3 is 15.2 Å². The first-order valence-corrected chi connectivity index (χ1v) is 6.41. The van der Waals surface area contributed by atoms with E-state index in [0.29, 0.717) is 18.3 Å². The third kappa shape index (κ3) is 2.69. The summed E-state index contributed by atoms with van der Waals surface area (Å²) in [4.78, 5) is 18.1. The zero-order valence-electron chi connectivity index (χ0n) is 10.9. The molecule has 1 aliphatic heterocycles. The molecule has 2 N–H and O–H groups in total. The summed E-state index contributed by atoms with van der Waals surface area (Å²) in [5.41, 5.74) is 5.52. The lowest BCUT2D eigenvalue weighted by molar-refractivity contribution is -0.135. The lowest BCUT2D eigenvalue weighted by atomic mass is 9.96. The second-order valence-electron chi connectivity index (χ2n) is 4.92. The van der Waals surface area contributed by atoms with E-state index in [9.17, 15) is 4.79 Å². The van der Waals surface area contributed by atoms with Crippen LogP contribution in [0.1, 0.15) is 37.4 Å². The van der Waals surface area contributed by atoms with E-state index in [-0.39, 0.29) is 17.7 Å². The molecular formula is C12H20N4O2. The highest BCUT2D eigenvalue weighted by molar-refractivity contribution is 5.78. The number of rotatable bonds is 3. The van der Waals surface area contributed by atoms with Crippen LogP contribution in [0, 0.1) is 12.8 Å². The van der Waals surface area contributed by atoms with Crippen molar-refractivity contribution in [2.75, 3.05) is 19.6 Å². The first kappa shape index (κ1) is 13.0. The normalized spacial score (nSPS) is 18.9. The third-order valence-corrected chi connectivity index (χ3v) is 3.47. The van der Waals surface area contributed by atoms with Crippen molar-refractivity contribution in [3.8, 4) is 0 Å². The van der Waals surface area contributed by atoms with Gasteiger partial charge in [-0.2, -0.15) is 4.98 Å². The summed E-state index contributed by atoms with van der Waals surface area (Å²) in [6.07, 6.45) is 1.76. The molecule has 2 heterocycles. The first-order valence-electron chi connectivity index (χ1n) is 6.41. The van der Waals surface area contributed by atoms with E-state index in [1.807, 2.05) is 18.7 Å². The number of aryl methyl sites for hydroxylation is 1. The monoisotopic (exact) mass is 252 g/mol. The number of likely N-dealkylation sites (tertiary alicyclic amines) is 1. The maximum atomic E-state index is 12.0. The Morgan fingerprint density at radius 3 is 2.72 bits per heavy atom. The Kier molecular flexibility index (Phi) is 3.96. The quantitative estimate of drug-likeness (QED) is 0.855. The molecule has 1 saturated heterocycles. The molecule has 6 heteroatoms. The molecule has 1 aliphatic rings. The summed E-state index contributed by atoms with van der Waals surface area (Å²) < 4.78 is 5.18. The second-order valence-corrected chi connectivity index (χ2v) is 4.92.